The van der Waals surface area contributed by atoms with Crippen LogP contribution in [0.15, 0.2) is 35.1 Å². The number of sulfone groups is 1. The van der Waals surface area contributed by atoms with Gasteiger partial charge in [-0.3, -0.25) is 19.4 Å². The predicted molar refractivity (Wildman–Crippen MR) is 144 cm³/mol. The van der Waals surface area contributed by atoms with Crippen molar-refractivity contribution in [2.24, 2.45) is 12.5 Å². The number of benzene rings is 1. The van der Waals surface area contributed by atoms with E-state index in [9.17, 15) is 18.5 Å². The number of nitriles is 1. The molecular weight excluding hydrogens is 488 g/mol. The second-order valence-corrected chi connectivity index (χ2v) is 14.2. The highest BCUT2D eigenvalue weighted by Gasteiger charge is 2.51. The van der Waals surface area contributed by atoms with E-state index in [-0.39, 0.29) is 17.1 Å². The van der Waals surface area contributed by atoms with Crippen LogP contribution in [0.2, 0.25) is 0 Å². The maximum absolute atomic E-state index is 12.9. The fraction of sp³-hybridized carbons (Fsp3) is 0.519. The molecule has 1 aromatic carbocycles. The number of aryl methyl sites for hydroxylation is 1. The molecule has 0 spiro atoms. The summed E-state index contributed by atoms with van der Waals surface area (Å²) in [6, 6.07) is 11.9. The number of imidazole rings is 1. The maximum Gasteiger partial charge on any atom is 0.330 e. The van der Waals surface area contributed by atoms with Crippen molar-refractivity contribution < 1.29 is 8.42 Å². The summed E-state index contributed by atoms with van der Waals surface area (Å²) in [4.78, 5) is 19.1. The van der Waals surface area contributed by atoms with Gasteiger partial charge in [-0.2, -0.15) is 5.26 Å². The molecule has 2 fully saturated rings. The largest absolute Gasteiger partial charge is 0.330 e. The number of likely N-dealkylation sites (tertiary alicyclic amines) is 1. The molecule has 2 saturated heterocycles. The van der Waals surface area contributed by atoms with Crippen molar-refractivity contribution in [3.8, 4) is 17.3 Å². The predicted octanol–water partition coefficient (Wildman–Crippen LogP) is 2.63. The molecule has 3 aromatic rings. The minimum absolute atomic E-state index is 0.0712. The Morgan fingerprint density at radius 1 is 1.24 bits per heavy atom. The van der Waals surface area contributed by atoms with E-state index in [1.54, 1.807) is 22.2 Å². The summed E-state index contributed by atoms with van der Waals surface area (Å²) < 4.78 is 28.4. The minimum Gasteiger partial charge on any atom is -0.295 e. The molecule has 9 nitrogen and oxygen atoms in total. The summed E-state index contributed by atoms with van der Waals surface area (Å²) in [6.45, 7) is 8.64. The second-order valence-electron chi connectivity index (χ2n) is 11.8. The third-order valence-corrected chi connectivity index (χ3v) is 9.40. The molecule has 2 aromatic heterocycles. The van der Waals surface area contributed by atoms with Gasteiger partial charge in [0, 0.05) is 51.1 Å². The molecule has 2 atom stereocenters. The number of aromatic nitrogens is 3. The van der Waals surface area contributed by atoms with Crippen LogP contribution in [0.4, 0.5) is 0 Å². The van der Waals surface area contributed by atoms with E-state index in [4.69, 9.17) is 4.98 Å². The molecule has 0 amide bonds. The number of hydrogen-bond acceptors (Lipinski definition) is 7. The van der Waals surface area contributed by atoms with Crippen LogP contribution in [0.25, 0.3) is 22.4 Å². The average molecular weight is 523 g/mol. The molecule has 1 N–H and O–H groups in total. The lowest BCUT2D eigenvalue weighted by Gasteiger charge is -2.40. The molecule has 0 radical (unpaired) electrons. The highest BCUT2D eigenvalue weighted by atomic mass is 32.2. The van der Waals surface area contributed by atoms with E-state index in [1.807, 2.05) is 24.3 Å². The lowest BCUT2D eigenvalue weighted by Crippen LogP contribution is -2.62. The molecule has 4 heterocycles. The van der Waals surface area contributed by atoms with E-state index >= 15 is 0 Å². The first kappa shape index (κ1) is 25.6. The lowest BCUT2D eigenvalue weighted by atomic mass is 9.97. The van der Waals surface area contributed by atoms with Crippen molar-refractivity contribution in [3.05, 3.63) is 51.9 Å². The Morgan fingerprint density at radius 2 is 2.00 bits per heavy atom. The summed E-state index contributed by atoms with van der Waals surface area (Å²) in [5, 5.41) is 13.2. The zero-order valence-corrected chi connectivity index (χ0v) is 22.9. The standard InChI is InChI=1S/C27H34N6O3S/c1-26(2,3)16-33-23-9-8-22(29-24(23)31(4)25(33)34)21-12-18(6-7-19(21)13-28)14-32-15-20-10-11-27(17-32,30-20)37(5,35)36/h6-9,12,20,30H,10-11,14-17H2,1-5H3. The first-order chi connectivity index (χ1) is 17.3. The van der Waals surface area contributed by atoms with Crippen molar-refractivity contribution in [2.75, 3.05) is 19.3 Å². The molecule has 0 saturated carbocycles. The second kappa shape index (κ2) is 8.79. The van der Waals surface area contributed by atoms with Crippen molar-refractivity contribution in [1.82, 2.24) is 24.3 Å². The molecular formula is C27H34N6O3S. The highest BCUT2D eigenvalue weighted by Crippen LogP contribution is 2.35. The Bertz CT molecular complexity index is 1590. The molecule has 2 aliphatic rings. The summed E-state index contributed by atoms with van der Waals surface area (Å²) in [5.41, 5.74) is 3.98. The number of piperazine rings is 1. The zero-order chi connectivity index (χ0) is 26.8. The smallest absolute Gasteiger partial charge is 0.295 e. The highest BCUT2D eigenvalue weighted by molar-refractivity contribution is 7.92. The van der Waals surface area contributed by atoms with Crippen LogP contribution in [-0.2, 0) is 30.0 Å². The van der Waals surface area contributed by atoms with Gasteiger partial charge in [-0.1, -0.05) is 26.8 Å². The first-order valence-electron chi connectivity index (χ1n) is 12.6. The van der Waals surface area contributed by atoms with Gasteiger partial charge in [0.05, 0.1) is 22.8 Å². The van der Waals surface area contributed by atoms with Gasteiger partial charge in [0.1, 0.15) is 4.87 Å². The first-order valence-corrected chi connectivity index (χ1v) is 14.5. The lowest BCUT2D eigenvalue weighted by molar-refractivity contribution is 0.171. The summed E-state index contributed by atoms with van der Waals surface area (Å²) in [7, 11) is -1.54. The Hall–Kier alpha value is -3.00. The van der Waals surface area contributed by atoms with E-state index in [1.165, 1.54) is 6.26 Å². The topological polar surface area (TPSA) is 113 Å². The molecule has 0 aliphatic carbocycles. The monoisotopic (exact) mass is 522 g/mol. The Morgan fingerprint density at radius 3 is 2.68 bits per heavy atom. The molecule has 37 heavy (non-hydrogen) atoms. The molecule has 5 rings (SSSR count). The number of rotatable bonds is 5. The molecule has 196 valence electrons. The summed E-state index contributed by atoms with van der Waals surface area (Å²) >= 11 is 0. The SMILES string of the molecule is Cn1c(=O)n(CC(C)(C)C)c2ccc(-c3cc(CN4CC5CCC(S(C)(=O)=O)(C4)N5)ccc3C#N)nc21. The van der Waals surface area contributed by atoms with Gasteiger partial charge in [-0.15, -0.1) is 0 Å². The minimum atomic E-state index is -3.26. The van der Waals surface area contributed by atoms with Crippen molar-refractivity contribution in [1.29, 1.82) is 5.26 Å². The quantitative estimate of drug-likeness (QED) is 0.548. The van der Waals surface area contributed by atoms with Crippen LogP contribution in [0.5, 0.6) is 0 Å². The number of fused-ring (bicyclic) bond motifs is 3. The van der Waals surface area contributed by atoms with Crippen LogP contribution in [0, 0.1) is 16.7 Å². The van der Waals surface area contributed by atoms with Gasteiger partial charge in [-0.05, 0) is 48.1 Å². The van der Waals surface area contributed by atoms with Crippen LogP contribution in [-0.4, -0.2) is 57.7 Å². The third kappa shape index (κ3) is 4.60. The fourth-order valence-electron chi connectivity index (χ4n) is 5.76. The van der Waals surface area contributed by atoms with Crippen LogP contribution in [0.1, 0.15) is 44.7 Å². The van der Waals surface area contributed by atoms with Crippen LogP contribution in [0.3, 0.4) is 0 Å². The molecule has 10 heteroatoms. The van der Waals surface area contributed by atoms with E-state index in [2.05, 4.69) is 37.1 Å². The summed E-state index contributed by atoms with van der Waals surface area (Å²) in [6.07, 6.45) is 2.79. The van der Waals surface area contributed by atoms with Crippen LogP contribution < -0.4 is 11.0 Å². The van der Waals surface area contributed by atoms with Gasteiger partial charge in [0.15, 0.2) is 15.5 Å². The van der Waals surface area contributed by atoms with E-state index in [0.717, 1.165) is 24.0 Å². The van der Waals surface area contributed by atoms with E-state index < -0.39 is 14.7 Å². The fourth-order valence-corrected chi connectivity index (χ4v) is 7.05. The van der Waals surface area contributed by atoms with Gasteiger partial charge < -0.3 is 0 Å². The zero-order valence-electron chi connectivity index (χ0n) is 22.1. The van der Waals surface area contributed by atoms with Crippen molar-refractivity contribution in [2.45, 2.75) is 57.6 Å². The molecule has 2 bridgehead atoms. The normalized spacial score (nSPS) is 22.4. The van der Waals surface area contributed by atoms with Gasteiger partial charge in [-0.25, -0.2) is 18.2 Å². The third-order valence-electron chi connectivity index (χ3n) is 7.53. The number of hydrogen-bond donors (Lipinski definition) is 1. The Labute approximate surface area is 217 Å². The Balaban J connectivity index is 1.50. The summed E-state index contributed by atoms with van der Waals surface area (Å²) in [5.74, 6) is 0. The van der Waals surface area contributed by atoms with Gasteiger partial charge >= 0.3 is 5.69 Å². The van der Waals surface area contributed by atoms with Crippen molar-refractivity contribution in [3.63, 3.8) is 0 Å². The van der Waals surface area contributed by atoms with Gasteiger partial charge in [0.25, 0.3) is 0 Å². The van der Waals surface area contributed by atoms with E-state index in [0.29, 0.717) is 48.5 Å². The maximum atomic E-state index is 12.9. The molecule has 2 unspecified atom stereocenters. The Kier molecular flexibility index (Phi) is 6.09. The number of nitrogens with one attached hydrogen (secondary N) is 1. The molecule has 2 aliphatic heterocycles. The number of nitrogens with zero attached hydrogens (tertiary/aromatic N) is 5. The van der Waals surface area contributed by atoms with Crippen LogP contribution >= 0.6 is 0 Å². The number of pyridine rings is 1. The van der Waals surface area contributed by atoms with Gasteiger partial charge in [0.2, 0.25) is 0 Å². The average Bonchev–Trinajstić information content (AvgIpc) is 3.26. The van der Waals surface area contributed by atoms with Crippen molar-refractivity contribution >= 4 is 21.0 Å².